The van der Waals surface area contributed by atoms with Crippen molar-refractivity contribution in [2.45, 2.75) is 31.7 Å². The van der Waals surface area contributed by atoms with Gasteiger partial charge in [-0.05, 0) is 31.1 Å². The first-order chi connectivity index (χ1) is 7.28. The number of rotatable bonds is 3. The van der Waals surface area contributed by atoms with E-state index in [0.29, 0.717) is 18.3 Å². The molecule has 3 rings (SSSR count). The van der Waals surface area contributed by atoms with E-state index in [9.17, 15) is 0 Å². The second-order valence-corrected chi connectivity index (χ2v) is 4.87. The van der Waals surface area contributed by atoms with Crippen LogP contribution in [0.2, 0.25) is 0 Å². The van der Waals surface area contributed by atoms with Gasteiger partial charge in [-0.25, -0.2) is 4.68 Å². The fourth-order valence-corrected chi connectivity index (χ4v) is 2.88. The molecule has 2 aliphatic carbocycles. The van der Waals surface area contributed by atoms with Crippen LogP contribution in [0.3, 0.4) is 0 Å². The Morgan fingerprint density at radius 3 is 2.80 bits per heavy atom. The van der Waals surface area contributed by atoms with Gasteiger partial charge < -0.3 is 10.8 Å². The Bertz CT molecular complexity index is 364. The van der Waals surface area contributed by atoms with E-state index in [1.165, 1.54) is 19.3 Å². The standard InChI is InChI=1S/C11H17N3O/c12-11-6-10(13-14(11)1-2-15)9-4-7-3-8(7)5-9/h6-9,15H,1-5,12H2/t7-,8+,9?. The monoisotopic (exact) mass is 207 g/mol. The molecule has 0 bridgehead atoms. The minimum atomic E-state index is 0.0984. The Hall–Kier alpha value is -1.03. The third-order valence-electron chi connectivity index (χ3n) is 3.80. The highest BCUT2D eigenvalue weighted by molar-refractivity contribution is 5.33. The number of nitrogens with zero attached hydrogens (tertiary/aromatic N) is 2. The average Bonchev–Trinajstić information content (AvgIpc) is 2.67. The third kappa shape index (κ3) is 1.53. The van der Waals surface area contributed by atoms with Crippen molar-refractivity contribution >= 4 is 5.82 Å². The van der Waals surface area contributed by atoms with Gasteiger partial charge in [0.2, 0.25) is 0 Å². The quantitative estimate of drug-likeness (QED) is 0.776. The van der Waals surface area contributed by atoms with Gasteiger partial charge in [-0.15, -0.1) is 0 Å². The fourth-order valence-electron chi connectivity index (χ4n) is 2.88. The van der Waals surface area contributed by atoms with Crippen LogP contribution in [0.15, 0.2) is 6.07 Å². The number of aliphatic hydroxyl groups excluding tert-OH is 1. The number of hydrogen-bond acceptors (Lipinski definition) is 3. The lowest BCUT2D eigenvalue weighted by Crippen LogP contribution is -2.08. The number of nitrogen functional groups attached to an aromatic ring is 1. The number of aromatic nitrogens is 2. The van der Waals surface area contributed by atoms with Gasteiger partial charge in [0.1, 0.15) is 5.82 Å². The SMILES string of the molecule is Nc1cc(C2C[C@@H]3C[C@@H]3C2)nn1CCO. The zero-order chi connectivity index (χ0) is 10.4. The first-order valence-electron chi connectivity index (χ1n) is 5.72. The minimum Gasteiger partial charge on any atom is -0.394 e. The molecule has 1 heterocycles. The summed E-state index contributed by atoms with van der Waals surface area (Å²) in [5.41, 5.74) is 6.96. The van der Waals surface area contributed by atoms with Crippen LogP contribution in [0.5, 0.6) is 0 Å². The maximum atomic E-state index is 8.85. The molecule has 15 heavy (non-hydrogen) atoms. The summed E-state index contributed by atoms with van der Waals surface area (Å²) in [5.74, 6) is 3.24. The predicted molar refractivity (Wildman–Crippen MR) is 57.3 cm³/mol. The molecule has 1 aromatic heterocycles. The molecule has 4 nitrogen and oxygen atoms in total. The van der Waals surface area contributed by atoms with Gasteiger partial charge in [0.05, 0.1) is 18.8 Å². The average molecular weight is 207 g/mol. The van der Waals surface area contributed by atoms with Crippen molar-refractivity contribution in [3.05, 3.63) is 11.8 Å². The lowest BCUT2D eigenvalue weighted by Gasteiger charge is -2.07. The van der Waals surface area contributed by atoms with Crippen molar-refractivity contribution in [1.29, 1.82) is 0 Å². The van der Waals surface area contributed by atoms with Crippen molar-refractivity contribution in [1.82, 2.24) is 9.78 Å². The van der Waals surface area contributed by atoms with E-state index in [-0.39, 0.29) is 6.61 Å². The van der Waals surface area contributed by atoms with Crippen molar-refractivity contribution in [2.75, 3.05) is 12.3 Å². The highest BCUT2D eigenvalue weighted by Crippen LogP contribution is 2.57. The minimum absolute atomic E-state index is 0.0984. The molecule has 0 radical (unpaired) electrons. The van der Waals surface area contributed by atoms with E-state index in [2.05, 4.69) is 5.10 Å². The number of fused-ring (bicyclic) bond motifs is 1. The van der Waals surface area contributed by atoms with Crippen molar-refractivity contribution < 1.29 is 5.11 Å². The molecule has 82 valence electrons. The predicted octanol–water partition coefficient (Wildman–Crippen LogP) is 0.971. The topological polar surface area (TPSA) is 64.1 Å². The Kier molecular flexibility index (Phi) is 1.99. The van der Waals surface area contributed by atoms with Gasteiger partial charge >= 0.3 is 0 Å². The molecule has 3 atom stereocenters. The lowest BCUT2D eigenvalue weighted by molar-refractivity contribution is 0.270. The maximum Gasteiger partial charge on any atom is 0.122 e. The Morgan fingerprint density at radius 2 is 2.13 bits per heavy atom. The fraction of sp³-hybridized carbons (Fsp3) is 0.727. The van der Waals surface area contributed by atoms with E-state index < -0.39 is 0 Å². The summed E-state index contributed by atoms with van der Waals surface area (Å²) < 4.78 is 1.71. The first-order valence-corrected chi connectivity index (χ1v) is 5.72. The smallest absolute Gasteiger partial charge is 0.122 e. The molecule has 0 aliphatic heterocycles. The summed E-state index contributed by atoms with van der Waals surface area (Å²) in [6.07, 6.45) is 4.02. The molecule has 2 aliphatic rings. The molecule has 4 heteroatoms. The summed E-state index contributed by atoms with van der Waals surface area (Å²) in [6, 6.07) is 1.98. The third-order valence-corrected chi connectivity index (χ3v) is 3.80. The molecule has 2 fully saturated rings. The van der Waals surface area contributed by atoms with Gasteiger partial charge in [-0.3, -0.25) is 0 Å². The molecule has 1 unspecified atom stereocenters. The van der Waals surface area contributed by atoms with E-state index in [1.54, 1.807) is 4.68 Å². The highest BCUT2D eigenvalue weighted by Gasteiger charge is 2.46. The van der Waals surface area contributed by atoms with Crippen LogP contribution < -0.4 is 5.73 Å². The van der Waals surface area contributed by atoms with Gasteiger partial charge in [0.25, 0.3) is 0 Å². The number of aliphatic hydroxyl groups is 1. The van der Waals surface area contributed by atoms with Crippen LogP contribution in [0.25, 0.3) is 0 Å². The molecule has 0 aromatic carbocycles. The molecule has 0 amide bonds. The summed E-state index contributed by atoms with van der Waals surface area (Å²) in [5, 5.41) is 13.3. The van der Waals surface area contributed by atoms with Crippen LogP contribution in [0.1, 0.15) is 30.9 Å². The van der Waals surface area contributed by atoms with Crippen LogP contribution in [0.4, 0.5) is 5.82 Å². The normalized spacial score (nSPS) is 33.0. The second kappa shape index (κ2) is 3.23. The Morgan fingerprint density at radius 1 is 1.40 bits per heavy atom. The van der Waals surface area contributed by atoms with Gasteiger partial charge in [-0.2, -0.15) is 5.10 Å². The van der Waals surface area contributed by atoms with Crippen molar-refractivity contribution in [3.63, 3.8) is 0 Å². The maximum absolute atomic E-state index is 8.85. The number of nitrogens with two attached hydrogens (primary N) is 1. The zero-order valence-corrected chi connectivity index (χ0v) is 8.76. The van der Waals surface area contributed by atoms with Crippen LogP contribution in [-0.4, -0.2) is 21.5 Å². The van der Waals surface area contributed by atoms with E-state index in [0.717, 1.165) is 17.5 Å². The van der Waals surface area contributed by atoms with E-state index in [1.807, 2.05) is 6.07 Å². The van der Waals surface area contributed by atoms with Crippen molar-refractivity contribution in [2.24, 2.45) is 11.8 Å². The summed E-state index contributed by atoms with van der Waals surface area (Å²) in [4.78, 5) is 0. The van der Waals surface area contributed by atoms with Crippen LogP contribution in [-0.2, 0) is 6.54 Å². The molecular formula is C11H17N3O. The van der Waals surface area contributed by atoms with Crippen molar-refractivity contribution in [3.8, 4) is 0 Å². The molecule has 3 N–H and O–H groups in total. The van der Waals surface area contributed by atoms with E-state index >= 15 is 0 Å². The molecule has 2 saturated carbocycles. The largest absolute Gasteiger partial charge is 0.394 e. The van der Waals surface area contributed by atoms with Gasteiger partial charge in [-0.1, -0.05) is 0 Å². The molecule has 0 saturated heterocycles. The first kappa shape index (κ1) is 9.21. The summed E-state index contributed by atoms with van der Waals surface area (Å²) in [7, 11) is 0. The van der Waals surface area contributed by atoms with Gasteiger partial charge in [0, 0.05) is 12.0 Å². The number of hydrogen-bond donors (Lipinski definition) is 2. The molecule has 1 aromatic rings. The highest BCUT2D eigenvalue weighted by atomic mass is 16.3. The summed E-state index contributed by atoms with van der Waals surface area (Å²) in [6.45, 7) is 0.604. The Balaban J connectivity index is 1.77. The molecule has 0 spiro atoms. The summed E-state index contributed by atoms with van der Waals surface area (Å²) >= 11 is 0. The Labute approximate surface area is 89.1 Å². The second-order valence-electron chi connectivity index (χ2n) is 4.87. The number of anilines is 1. The van der Waals surface area contributed by atoms with Gasteiger partial charge in [0.15, 0.2) is 0 Å². The van der Waals surface area contributed by atoms with Crippen LogP contribution in [0, 0.1) is 11.8 Å². The van der Waals surface area contributed by atoms with Crippen LogP contribution >= 0.6 is 0 Å². The molecular weight excluding hydrogens is 190 g/mol. The zero-order valence-electron chi connectivity index (χ0n) is 8.76. The van der Waals surface area contributed by atoms with E-state index in [4.69, 9.17) is 10.8 Å². The lowest BCUT2D eigenvalue weighted by atomic mass is 10.00.